The third kappa shape index (κ3) is 4.53. The number of rotatable bonds is 4. The molecule has 7 heteroatoms. The molecule has 0 aromatic carbocycles. The van der Waals surface area contributed by atoms with Crippen molar-refractivity contribution < 1.29 is 19.2 Å². The zero-order chi connectivity index (χ0) is 14.6. The predicted octanol–water partition coefficient (Wildman–Crippen LogP) is 1.88. The molecule has 0 radical (unpaired) electrons. The summed E-state index contributed by atoms with van der Waals surface area (Å²) in [6.45, 7) is 5.49. The fraction of sp³-hybridized carbons (Fsp3) is 0.500. The van der Waals surface area contributed by atoms with E-state index < -0.39 is 16.5 Å². The maximum Gasteiger partial charge on any atom is 0.311 e. The predicted molar refractivity (Wildman–Crippen MR) is 67.0 cm³/mol. The van der Waals surface area contributed by atoms with Gasteiger partial charge < -0.3 is 9.47 Å². The summed E-state index contributed by atoms with van der Waals surface area (Å²) in [6, 6.07) is 2.68. The van der Waals surface area contributed by atoms with Gasteiger partial charge in [-0.05, 0) is 20.8 Å². The molecule has 1 heterocycles. The van der Waals surface area contributed by atoms with Gasteiger partial charge in [0.2, 0.25) is 5.88 Å². The first-order valence-electron chi connectivity index (χ1n) is 5.63. The second-order valence-corrected chi connectivity index (χ2v) is 4.84. The summed E-state index contributed by atoms with van der Waals surface area (Å²) < 4.78 is 9.99. The average molecular weight is 268 g/mol. The van der Waals surface area contributed by atoms with Gasteiger partial charge >= 0.3 is 5.97 Å². The molecule has 104 valence electrons. The van der Waals surface area contributed by atoms with Crippen LogP contribution in [0.15, 0.2) is 12.1 Å². The summed E-state index contributed by atoms with van der Waals surface area (Å²) in [5.74, 6) is -0.361. The van der Waals surface area contributed by atoms with Gasteiger partial charge in [-0.15, -0.1) is 0 Å². The van der Waals surface area contributed by atoms with Gasteiger partial charge in [0.15, 0.2) is 0 Å². The molecule has 19 heavy (non-hydrogen) atoms. The fourth-order valence-corrected chi connectivity index (χ4v) is 1.35. The molecule has 0 fully saturated rings. The Morgan fingerprint density at radius 1 is 1.42 bits per heavy atom. The highest BCUT2D eigenvalue weighted by atomic mass is 16.6. The molecule has 0 spiro atoms. The van der Waals surface area contributed by atoms with Crippen LogP contribution >= 0.6 is 0 Å². The van der Waals surface area contributed by atoms with Crippen molar-refractivity contribution in [3.05, 3.63) is 27.9 Å². The molecular formula is C12H16N2O5. The number of nitrogens with zero attached hydrogens (tertiary/aromatic N) is 2. The molecule has 0 saturated heterocycles. The zero-order valence-corrected chi connectivity index (χ0v) is 11.3. The van der Waals surface area contributed by atoms with Crippen LogP contribution in [0.3, 0.4) is 0 Å². The summed E-state index contributed by atoms with van der Waals surface area (Å²) >= 11 is 0. The Morgan fingerprint density at radius 2 is 2.05 bits per heavy atom. The molecule has 0 bridgehead atoms. The molecule has 0 atom stereocenters. The van der Waals surface area contributed by atoms with Gasteiger partial charge in [-0.3, -0.25) is 14.9 Å². The molecule has 0 aliphatic heterocycles. The lowest BCUT2D eigenvalue weighted by Crippen LogP contribution is -2.24. The second-order valence-electron chi connectivity index (χ2n) is 4.84. The molecule has 7 nitrogen and oxygen atoms in total. The van der Waals surface area contributed by atoms with E-state index in [0.717, 1.165) is 0 Å². The third-order valence-electron chi connectivity index (χ3n) is 2.07. The van der Waals surface area contributed by atoms with Gasteiger partial charge in [0.25, 0.3) is 5.69 Å². The van der Waals surface area contributed by atoms with E-state index in [1.165, 1.54) is 19.2 Å². The van der Waals surface area contributed by atoms with Gasteiger partial charge in [-0.25, -0.2) is 4.98 Å². The van der Waals surface area contributed by atoms with Crippen molar-refractivity contribution in [1.82, 2.24) is 4.98 Å². The smallest absolute Gasteiger partial charge is 0.311 e. The number of hydrogen-bond donors (Lipinski definition) is 0. The molecule has 0 N–H and O–H groups in total. The third-order valence-corrected chi connectivity index (χ3v) is 2.07. The van der Waals surface area contributed by atoms with Crippen molar-refractivity contribution in [2.24, 2.45) is 0 Å². The van der Waals surface area contributed by atoms with Gasteiger partial charge in [0.1, 0.15) is 11.3 Å². The highest BCUT2D eigenvalue weighted by Crippen LogP contribution is 2.23. The Bertz CT molecular complexity index is 493. The van der Waals surface area contributed by atoms with Crippen LogP contribution in [0.25, 0.3) is 0 Å². The Hall–Kier alpha value is -2.18. The number of carbonyl (C=O) groups excluding carboxylic acids is 1. The summed E-state index contributed by atoms with van der Waals surface area (Å²) in [5, 5.41) is 10.9. The SMILES string of the molecule is COC(=O)Cc1nc(OC(C)(C)C)ccc1[N+](=O)[O-]. The highest BCUT2D eigenvalue weighted by molar-refractivity contribution is 5.73. The summed E-state index contributed by atoms with van der Waals surface area (Å²) in [5.41, 5.74) is -0.684. The first kappa shape index (κ1) is 14.9. The maximum atomic E-state index is 11.2. The van der Waals surface area contributed by atoms with Crippen molar-refractivity contribution in [3.63, 3.8) is 0 Å². The summed E-state index contributed by atoms with van der Waals surface area (Å²) in [4.78, 5) is 25.5. The monoisotopic (exact) mass is 268 g/mol. The molecule has 0 saturated carbocycles. The van der Waals surface area contributed by atoms with Crippen LogP contribution in [-0.2, 0) is 16.0 Å². The van der Waals surface area contributed by atoms with Gasteiger partial charge in [-0.2, -0.15) is 0 Å². The number of methoxy groups -OCH3 is 1. The van der Waals surface area contributed by atoms with E-state index in [1.807, 2.05) is 20.8 Å². The first-order chi connectivity index (χ1) is 8.73. The molecule has 0 aliphatic rings. The molecule has 1 rings (SSSR count). The largest absolute Gasteiger partial charge is 0.472 e. The van der Waals surface area contributed by atoms with Crippen LogP contribution in [0.5, 0.6) is 5.88 Å². The number of pyridine rings is 1. The van der Waals surface area contributed by atoms with Gasteiger partial charge in [0, 0.05) is 12.1 Å². The Morgan fingerprint density at radius 3 is 2.53 bits per heavy atom. The quantitative estimate of drug-likeness (QED) is 0.470. The normalized spacial score (nSPS) is 10.9. The van der Waals surface area contributed by atoms with E-state index in [-0.39, 0.29) is 23.7 Å². The van der Waals surface area contributed by atoms with E-state index in [4.69, 9.17) is 4.74 Å². The van der Waals surface area contributed by atoms with Crippen molar-refractivity contribution in [2.75, 3.05) is 7.11 Å². The Balaban J connectivity index is 3.11. The molecule has 0 amide bonds. The Labute approximate surface area is 110 Å². The van der Waals surface area contributed by atoms with Crippen LogP contribution in [0.2, 0.25) is 0 Å². The lowest BCUT2D eigenvalue weighted by molar-refractivity contribution is -0.385. The minimum atomic E-state index is -0.594. The van der Waals surface area contributed by atoms with Gasteiger partial charge in [-0.1, -0.05) is 0 Å². The van der Waals surface area contributed by atoms with Crippen LogP contribution in [0.1, 0.15) is 26.5 Å². The molecular weight excluding hydrogens is 252 g/mol. The molecule has 0 unspecified atom stereocenters. The minimum absolute atomic E-state index is 0.0265. The zero-order valence-electron chi connectivity index (χ0n) is 11.3. The lowest BCUT2D eigenvalue weighted by atomic mass is 10.2. The van der Waals surface area contributed by atoms with E-state index >= 15 is 0 Å². The van der Waals surface area contributed by atoms with Crippen molar-refractivity contribution >= 4 is 11.7 Å². The number of carbonyl (C=O) groups is 1. The number of ether oxygens (including phenoxy) is 2. The first-order valence-corrected chi connectivity index (χ1v) is 5.63. The van der Waals surface area contributed by atoms with Crippen molar-refractivity contribution in [2.45, 2.75) is 32.8 Å². The average Bonchev–Trinajstić information content (AvgIpc) is 2.26. The van der Waals surface area contributed by atoms with E-state index in [9.17, 15) is 14.9 Å². The molecule has 0 aliphatic carbocycles. The van der Waals surface area contributed by atoms with Crippen LogP contribution in [-0.4, -0.2) is 28.6 Å². The summed E-state index contributed by atoms with van der Waals surface area (Å²) in [7, 11) is 1.21. The summed E-state index contributed by atoms with van der Waals surface area (Å²) in [6.07, 6.45) is -0.270. The van der Waals surface area contributed by atoms with Gasteiger partial charge in [0.05, 0.1) is 18.5 Å². The standard InChI is InChI=1S/C12H16N2O5/c1-12(2,3)19-10-6-5-9(14(16)17)8(13-10)7-11(15)18-4/h5-6H,7H2,1-4H3. The van der Waals surface area contributed by atoms with Crippen LogP contribution in [0.4, 0.5) is 5.69 Å². The second kappa shape index (κ2) is 5.64. The molecule has 1 aromatic rings. The highest BCUT2D eigenvalue weighted by Gasteiger charge is 2.21. The van der Waals surface area contributed by atoms with Crippen molar-refractivity contribution in [1.29, 1.82) is 0 Å². The minimum Gasteiger partial charge on any atom is -0.472 e. The van der Waals surface area contributed by atoms with Crippen LogP contribution in [0, 0.1) is 10.1 Å². The fourth-order valence-electron chi connectivity index (χ4n) is 1.35. The molecule has 1 aromatic heterocycles. The van der Waals surface area contributed by atoms with Crippen molar-refractivity contribution in [3.8, 4) is 5.88 Å². The number of nitro groups is 1. The van der Waals surface area contributed by atoms with E-state index in [0.29, 0.717) is 0 Å². The lowest BCUT2D eigenvalue weighted by Gasteiger charge is -2.20. The number of esters is 1. The topological polar surface area (TPSA) is 91.6 Å². The number of aromatic nitrogens is 1. The maximum absolute atomic E-state index is 11.2. The number of hydrogen-bond acceptors (Lipinski definition) is 6. The van der Waals surface area contributed by atoms with E-state index in [2.05, 4.69) is 9.72 Å². The Kier molecular flexibility index (Phi) is 4.42. The van der Waals surface area contributed by atoms with E-state index in [1.54, 1.807) is 0 Å². The van der Waals surface area contributed by atoms with Crippen LogP contribution < -0.4 is 4.74 Å².